The van der Waals surface area contributed by atoms with Crippen LogP contribution in [0.4, 0.5) is 0 Å². The minimum Gasteiger partial charge on any atom is -0.748 e. The molecule has 8 aliphatic rings. The predicted molar refractivity (Wildman–Crippen MR) is 260 cm³/mol. The van der Waals surface area contributed by atoms with Crippen molar-refractivity contribution in [3.8, 4) is 0 Å². The van der Waals surface area contributed by atoms with Crippen molar-refractivity contribution < 1.29 is 83.2 Å². The molecule has 8 unspecified atom stereocenters. The van der Waals surface area contributed by atoms with Crippen molar-refractivity contribution in [2.24, 2.45) is 92.7 Å². The molecular weight excluding hydrogens is 996 g/mol. The predicted octanol–water partition coefficient (Wildman–Crippen LogP) is 4.05. The Balaban J connectivity index is 0.000000229. The van der Waals surface area contributed by atoms with Crippen LogP contribution < -0.4 is 10.6 Å². The van der Waals surface area contributed by atoms with Gasteiger partial charge in [0.05, 0.1) is 68.4 Å². The second-order valence-corrected chi connectivity index (χ2v) is 28.4. The molecule has 8 saturated carbocycles. The van der Waals surface area contributed by atoms with E-state index in [2.05, 4.69) is 52.2 Å². The molecule has 16 nitrogen and oxygen atoms in total. The van der Waals surface area contributed by atoms with Crippen LogP contribution in [-0.4, -0.2) is 130 Å². The summed E-state index contributed by atoms with van der Waals surface area (Å²) < 4.78 is 64.4. The van der Waals surface area contributed by atoms with Gasteiger partial charge in [0.25, 0.3) is 0 Å². The number of aliphatic hydroxyl groups is 6. The molecule has 8 aliphatic carbocycles. The third kappa shape index (κ3) is 12.0. The van der Waals surface area contributed by atoms with Crippen molar-refractivity contribution in [1.82, 2.24) is 10.6 Å². The van der Waals surface area contributed by atoms with E-state index in [9.17, 15) is 66.2 Å². The molecule has 0 aromatic rings. The SMILES string of the molecule is C[C@H](CCC(=O)NCCS(=O)(=O)[O-])[C@H]1CCC2C3C(C[C@H](O)[C@@]21C)[C@@]1(C)CC[C@@H](O)CC1C[C@H]3O.C[C@H](CCC(=O)NCCS(=O)(=O)[O-])[C@H]1CCC2C3C(C[C@H](O)[C@@]21C)[C@@]1(C)CC[C@@H](O)CC1C[C@H]3O.[Mn+2]. The molecular formula is C52H88MnN2O14S2. The minimum absolute atomic E-state index is 0. The first kappa shape index (κ1) is 59.3. The zero-order chi connectivity index (χ0) is 51.5. The molecule has 22 atom stereocenters. The average molecular weight is 1080 g/mol. The van der Waals surface area contributed by atoms with Gasteiger partial charge in [0.15, 0.2) is 0 Å². The van der Waals surface area contributed by atoms with Gasteiger partial charge in [-0.3, -0.25) is 9.59 Å². The maximum absolute atomic E-state index is 12.2. The smallest absolute Gasteiger partial charge is 0.748 e. The standard InChI is InChI=1S/2C26H45NO7S.Mn/c2*1-15(4-7-23(31)27-10-11-35(32,33)34)18-5-6-19-24-20(14-22(30)26(18,19)3)25(2)9-8-17(28)12-16(25)13-21(24)29;/h2*15-22,24,28-30H,4-14H2,1-3H3,(H,27,31)(H,32,33,34);/q;;+2/p-2/t2*15-,16?,17-,18-,19?,20?,21-,22+,24?,25+,26-;/m11./s1. The molecule has 0 aromatic carbocycles. The summed E-state index contributed by atoms with van der Waals surface area (Å²) in [7, 11) is -8.69. The Morgan fingerprint density at radius 3 is 1.24 bits per heavy atom. The van der Waals surface area contributed by atoms with E-state index in [0.717, 1.165) is 77.0 Å². The van der Waals surface area contributed by atoms with Crippen LogP contribution in [0, 0.1) is 92.7 Å². The molecule has 2 amide bonds. The van der Waals surface area contributed by atoms with Gasteiger partial charge in [0.2, 0.25) is 11.8 Å². The first-order valence-electron chi connectivity index (χ1n) is 27.0. The summed E-state index contributed by atoms with van der Waals surface area (Å²) in [6.45, 7) is 13.0. The van der Waals surface area contributed by atoms with Gasteiger partial charge in [-0.05, 0) is 195 Å². The Morgan fingerprint density at radius 1 is 0.549 bits per heavy atom. The number of amides is 2. The summed E-state index contributed by atoms with van der Waals surface area (Å²) in [6, 6.07) is 0. The first-order valence-corrected chi connectivity index (χ1v) is 30.2. The third-order valence-corrected chi connectivity index (χ3v) is 23.5. The molecule has 71 heavy (non-hydrogen) atoms. The number of fused-ring (bicyclic) bond motifs is 10. The van der Waals surface area contributed by atoms with E-state index in [-0.39, 0.29) is 148 Å². The molecule has 8 fully saturated rings. The largest absolute Gasteiger partial charge is 2.00 e. The molecule has 1 radical (unpaired) electrons. The van der Waals surface area contributed by atoms with Crippen molar-refractivity contribution >= 4 is 32.1 Å². The normalized spacial score (nSPS) is 45.6. The number of rotatable bonds is 14. The summed E-state index contributed by atoms with van der Waals surface area (Å²) in [6.07, 6.45) is 11.2. The number of aliphatic hydroxyl groups excluding tert-OH is 6. The molecule has 0 aliphatic heterocycles. The third-order valence-electron chi connectivity index (χ3n) is 22.0. The number of carbonyl (C=O) groups excluding carboxylic acids is 2. The quantitative estimate of drug-likeness (QED) is 0.0900. The van der Waals surface area contributed by atoms with Crippen molar-refractivity contribution in [3.05, 3.63) is 0 Å². The summed E-state index contributed by atoms with van der Waals surface area (Å²) in [4.78, 5) is 24.4. The summed E-state index contributed by atoms with van der Waals surface area (Å²) in [5.74, 6) is 1.04. The van der Waals surface area contributed by atoms with Crippen LogP contribution in [0.15, 0.2) is 0 Å². The van der Waals surface area contributed by atoms with Crippen LogP contribution in [0.25, 0.3) is 0 Å². The second kappa shape index (κ2) is 22.6. The number of nitrogens with one attached hydrogen (secondary N) is 2. The van der Waals surface area contributed by atoms with Crippen LogP contribution in [-0.2, 0) is 46.9 Å². The molecule has 0 heterocycles. The van der Waals surface area contributed by atoms with Crippen LogP contribution in [0.5, 0.6) is 0 Å². The van der Waals surface area contributed by atoms with E-state index in [1.807, 2.05) is 0 Å². The molecule has 0 aromatic heterocycles. The van der Waals surface area contributed by atoms with Gasteiger partial charge in [-0.25, -0.2) is 16.8 Å². The fourth-order valence-electron chi connectivity index (χ4n) is 18.2. The summed E-state index contributed by atoms with van der Waals surface area (Å²) in [5.41, 5.74) is -0.534. The zero-order valence-corrected chi connectivity index (χ0v) is 45.9. The topological polar surface area (TPSA) is 294 Å². The van der Waals surface area contributed by atoms with Crippen LogP contribution in [0.1, 0.15) is 157 Å². The molecule has 0 bridgehead atoms. The van der Waals surface area contributed by atoms with Gasteiger partial charge in [0, 0.05) is 25.9 Å². The minimum atomic E-state index is -4.35. The van der Waals surface area contributed by atoms with Gasteiger partial charge in [-0.1, -0.05) is 41.5 Å². The fraction of sp³-hybridized carbons (Fsp3) is 0.962. The van der Waals surface area contributed by atoms with Gasteiger partial charge >= 0.3 is 17.1 Å². The van der Waals surface area contributed by atoms with Crippen molar-refractivity contribution in [2.45, 2.75) is 194 Å². The molecule has 0 spiro atoms. The van der Waals surface area contributed by atoms with E-state index in [0.29, 0.717) is 37.5 Å². The molecule has 409 valence electrons. The average Bonchev–Trinajstić information content (AvgIpc) is 3.81. The van der Waals surface area contributed by atoms with E-state index in [1.54, 1.807) is 0 Å². The molecule has 8 N–H and O–H groups in total. The number of hydrogen-bond acceptors (Lipinski definition) is 14. The Bertz CT molecular complexity index is 1940. The van der Waals surface area contributed by atoms with Gasteiger partial charge in [0.1, 0.15) is 0 Å². The molecule has 8 rings (SSSR count). The maximum Gasteiger partial charge on any atom is 2.00 e. The monoisotopic (exact) mass is 1080 g/mol. The maximum atomic E-state index is 12.2. The second-order valence-electron chi connectivity index (χ2n) is 25.3. The van der Waals surface area contributed by atoms with Crippen molar-refractivity contribution in [2.75, 3.05) is 24.6 Å². The van der Waals surface area contributed by atoms with Crippen LogP contribution >= 0.6 is 0 Å². The van der Waals surface area contributed by atoms with Crippen molar-refractivity contribution in [1.29, 1.82) is 0 Å². The molecule has 0 saturated heterocycles. The van der Waals surface area contributed by atoms with E-state index in [1.165, 1.54) is 0 Å². The Labute approximate surface area is 434 Å². The van der Waals surface area contributed by atoms with Gasteiger partial charge in [-0.2, -0.15) is 0 Å². The first-order chi connectivity index (χ1) is 32.5. The number of hydrogen-bond donors (Lipinski definition) is 8. The van der Waals surface area contributed by atoms with Gasteiger partial charge < -0.3 is 50.4 Å². The fourth-order valence-corrected chi connectivity index (χ4v) is 18.9. The van der Waals surface area contributed by atoms with E-state index in [4.69, 9.17) is 0 Å². The van der Waals surface area contributed by atoms with Crippen molar-refractivity contribution in [3.63, 3.8) is 0 Å². The Hall–Kier alpha value is -0.961. The Morgan fingerprint density at radius 2 is 0.901 bits per heavy atom. The van der Waals surface area contributed by atoms with E-state index < -0.39 is 56.2 Å². The zero-order valence-electron chi connectivity index (χ0n) is 43.1. The van der Waals surface area contributed by atoms with Crippen LogP contribution in [0.3, 0.4) is 0 Å². The number of carbonyl (C=O) groups is 2. The van der Waals surface area contributed by atoms with Crippen LogP contribution in [0.2, 0.25) is 0 Å². The molecule has 19 heteroatoms. The van der Waals surface area contributed by atoms with E-state index >= 15 is 0 Å². The van der Waals surface area contributed by atoms with Gasteiger partial charge in [-0.15, -0.1) is 0 Å². The Kier molecular flexibility index (Phi) is 18.8. The summed E-state index contributed by atoms with van der Waals surface area (Å²) in [5, 5.41) is 71.5. The summed E-state index contributed by atoms with van der Waals surface area (Å²) >= 11 is 0.